The summed E-state index contributed by atoms with van der Waals surface area (Å²) in [5.74, 6) is 0.159. The van der Waals surface area contributed by atoms with Crippen LogP contribution in [0.3, 0.4) is 0 Å². The number of fused-ring (bicyclic) bond motifs is 1. The number of benzene rings is 1. The molecule has 0 spiro atoms. The lowest BCUT2D eigenvalue weighted by Gasteiger charge is -2.23. The van der Waals surface area contributed by atoms with Crippen molar-refractivity contribution in [2.75, 3.05) is 20.3 Å². The number of methoxy groups -OCH3 is 1. The van der Waals surface area contributed by atoms with Gasteiger partial charge in [-0.1, -0.05) is 30.9 Å². The first-order valence-corrected chi connectivity index (χ1v) is 13.8. The zero-order chi connectivity index (χ0) is 25.5. The maximum Gasteiger partial charge on any atom is 0.344 e. The molecule has 1 N–H and O–H groups in total. The summed E-state index contributed by atoms with van der Waals surface area (Å²) in [5.41, 5.74) is 2.58. The molecule has 2 aliphatic carbocycles. The van der Waals surface area contributed by atoms with Gasteiger partial charge in [-0.2, -0.15) is 0 Å². The molecule has 0 bridgehead atoms. The predicted octanol–water partition coefficient (Wildman–Crippen LogP) is 6.04. The van der Waals surface area contributed by atoms with Gasteiger partial charge in [0, 0.05) is 17.1 Å². The van der Waals surface area contributed by atoms with E-state index in [1.807, 2.05) is 0 Å². The van der Waals surface area contributed by atoms with Gasteiger partial charge >= 0.3 is 5.97 Å². The molecule has 36 heavy (non-hydrogen) atoms. The Morgan fingerprint density at radius 1 is 1.17 bits per heavy atom. The molecule has 0 aliphatic heterocycles. The van der Waals surface area contributed by atoms with Gasteiger partial charge in [0.05, 0.1) is 24.3 Å². The number of esters is 1. The quantitative estimate of drug-likeness (QED) is 0.314. The molecule has 1 fully saturated rings. The number of amides is 1. The topological polar surface area (TPSA) is 86.2 Å². The van der Waals surface area contributed by atoms with E-state index in [1.54, 1.807) is 36.6 Å². The number of aliphatic imine (C=N–C) groups is 1. The van der Waals surface area contributed by atoms with E-state index in [0.717, 1.165) is 54.7 Å². The standard InChI is InChI=1S/C27H33ClN2O5S/c1-3-34-23(31)16-35-25-20(28)13-17(14-21(25)33-2)15-29-27-24(19-11-7-8-12-22(19)36-27)26(32)30-18-9-5-4-6-10-18/h13-15,18H,3-12,16H2,1-2H3,(H,30,32). The third-order valence-electron chi connectivity index (χ3n) is 6.54. The molecule has 9 heteroatoms. The van der Waals surface area contributed by atoms with Crippen LogP contribution < -0.4 is 14.8 Å². The minimum atomic E-state index is -0.484. The molecule has 194 valence electrons. The Kier molecular flexibility index (Phi) is 9.26. The monoisotopic (exact) mass is 532 g/mol. The summed E-state index contributed by atoms with van der Waals surface area (Å²) in [6.45, 7) is 1.74. The number of hydrogen-bond donors (Lipinski definition) is 1. The maximum absolute atomic E-state index is 13.4. The van der Waals surface area contributed by atoms with Crippen molar-refractivity contribution in [3.05, 3.63) is 38.7 Å². The van der Waals surface area contributed by atoms with Crippen molar-refractivity contribution < 1.29 is 23.8 Å². The highest BCUT2D eigenvalue weighted by Gasteiger charge is 2.27. The minimum absolute atomic E-state index is 0.00761. The molecule has 1 aromatic heterocycles. The second-order valence-electron chi connectivity index (χ2n) is 9.09. The van der Waals surface area contributed by atoms with Crippen LogP contribution in [-0.2, 0) is 22.4 Å². The Hall–Kier alpha value is -2.58. The van der Waals surface area contributed by atoms with E-state index < -0.39 is 5.97 Å². The number of ether oxygens (including phenoxy) is 3. The molecule has 4 rings (SSSR count). The van der Waals surface area contributed by atoms with Crippen LogP contribution in [-0.4, -0.2) is 44.5 Å². The Morgan fingerprint density at radius 3 is 2.69 bits per heavy atom. The molecule has 1 amide bonds. The van der Waals surface area contributed by atoms with E-state index in [9.17, 15) is 9.59 Å². The molecule has 0 unspecified atom stereocenters. The predicted molar refractivity (Wildman–Crippen MR) is 143 cm³/mol. The zero-order valence-corrected chi connectivity index (χ0v) is 22.4. The van der Waals surface area contributed by atoms with Crippen molar-refractivity contribution in [3.63, 3.8) is 0 Å². The van der Waals surface area contributed by atoms with Gasteiger partial charge in [0.25, 0.3) is 5.91 Å². The largest absolute Gasteiger partial charge is 0.493 e. The van der Waals surface area contributed by atoms with E-state index >= 15 is 0 Å². The maximum atomic E-state index is 13.4. The van der Waals surface area contributed by atoms with Gasteiger partial charge in [-0.3, -0.25) is 4.79 Å². The second kappa shape index (κ2) is 12.6. The summed E-state index contributed by atoms with van der Waals surface area (Å²) < 4.78 is 15.9. The number of hydrogen-bond acceptors (Lipinski definition) is 7. The van der Waals surface area contributed by atoms with Crippen molar-refractivity contribution in [2.45, 2.75) is 70.8 Å². The number of thiophene rings is 1. The lowest BCUT2D eigenvalue weighted by Crippen LogP contribution is -2.36. The first kappa shape index (κ1) is 26.5. The first-order chi connectivity index (χ1) is 17.5. The summed E-state index contributed by atoms with van der Waals surface area (Å²) in [7, 11) is 1.50. The Labute approximate surface area is 221 Å². The SMILES string of the molecule is CCOC(=O)COc1c(Cl)cc(C=Nc2sc3c(c2C(=O)NC2CCCCC2)CCCC3)cc1OC. The average Bonchev–Trinajstić information content (AvgIpc) is 3.26. The Morgan fingerprint density at radius 2 is 1.94 bits per heavy atom. The van der Waals surface area contributed by atoms with Gasteiger partial charge in [-0.25, -0.2) is 9.79 Å². The number of aryl methyl sites for hydroxylation is 1. The third kappa shape index (κ3) is 6.40. The van der Waals surface area contributed by atoms with Crippen LogP contribution >= 0.6 is 22.9 Å². The fourth-order valence-corrected chi connectivity index (χ4v) is 6.31. The van der Waals surface area contributed by atoms with Crippen molar-refractivity contribution in [1.29, 1.82) is 0 Å². The lowest BCUT2D eigenvalue weighted by atomic mass is 9.93. The van der Waals surface area contributed by atoms with Gasteiger partial charge in [0.2, 0.25) is 0 Å². The highest BCUT2D eigenvalue weighted by atomic mass is 35.5. The first-order valence-electron chi connectivity index (χ1n) is 12.7. The number of nitrogens with one attached hydrogen (secondary N) is 1. The van der Waals surface area contributed by atoms with Crippen LogP contribution in [0.15, 0.2) is 17.1 Å². The van der Waals surface area contributed by atoms with Crippen LogP contribution in [0.25, 0.3) is 0 Å². The summed E-state index contributed by atoms with van der Waals surface area (Å²) in [6.07, 6.45) is 11.5. The number of halogens is 1. The molecular formula is C27H33ClN2O5S. The summed E-state index contributed by atoms with van der Waals surface area (Å²) >= 11 is 8.05. The van der Waals surface area contributed by atoms with Crippen LogP contribution in [0, 0.1) is 0 Å². The zero-order valence-electron chi connectivity index (χ0n) is 20.9. The summed E-state index contributed by atoms with van der Waals surface area (Å²) in [5, 5.41) is 4.30. The van der Waals surface area contributed by atoms with E-state index in [2.05, 4.69) is 5.32 Å². The fraction of sp³-hybridized carbons (Fsp3) is 0.519. The normalized spacial score (nSPS) is 16.0. The molecule has 0 radical (unpaired) electrons. The molecule has 1 aromatic carbocycles. The molecule has 0 atom stereocenters. The molecule has 7 nitrogen and oxygen atoms in total. The molecule has 2 aromatic rings. The average molecular weight is 533 g/mol. The van der Waals surface area contributed by atoms with Crippen molar-refractivity contribution in [3.8, 4) is 11.5 Å². The van der Waals surface area contributed by atoms with Gasteiger partial charge in [-0.15, -0.1) is 11.3 Å². The molecule has 1 heterocycles. The van der Waals surface area contributed by atoms with Crippen LogP contribution in [0.1, 0.15) is 78.2 Å². The fourth-order valence-electron chi connectivity index (χ4n) is 4.80. The van der Waals surface area contributed by atoms with E-state index in [1.165, 1.54) is 31.2 Å². The Bertz CT molecular complexity index is 1120. The lowest BCUT2D eigenvalue weighted by molar-refractivity contribution is -0.145. The summed E-state index contributed by atoms with van der Waals surface area (Å²) in [4.78, 5) is 31.1. The van der Waals surface area contributed by atoms with Gasteiger partial charge in [-0.05, 0) is 68.7 Å². The van der Waals surface area contributed by atoms with Gasteiger partial charge < -0.3 is 19.5 Å². The van der Waals surface area contributed by atoms with Gasteiger partial charge in [0.1, 0.15) is 5.00 Å². The Balaban J connectivity index is 1.57. The molecular weight excluding hydrogens is 500 g/mol. The third-order valence-corrected chi connectivity index (χ3v) is 8.02. The van der Waals surface area contributed by atoms with Crippen LogP contribution in [0.4, 0.5) is 5.00 Å². The van der Waals surface area contributed by atoms with E-state index in [4.69, 9.17) is 30.8 Å². The van der Waals surface area contributed by atoms with Crippen molar-refractivity contribution in [2.24, 2.45) is 4.99 Å². The van der Waals surface area contributed by atoms with Crippen LogP contribution in [0.5, 0.6) is 11.5 Å². The minimum Gasteiger partial charge on any atom is -0.493 e. The second-order valence-corrected chi connectivity index (χ2v) is 10.6. The van der Waals surface area contributed by atoms with Crippen molar-refractivity contribution in [1.82, 2.24) is 5.32 Å². The molecule has 2 aliphatic rings. The molecule has 0 saturated heterocycles. The van der Waals surface area contributed by atoms with E-state index in [0.29, 0.717) is 16.3 Å². The summed E-state index contributed by atoms with van der Waals surface area (Å²) in [6, 6.07) is 3.68. The highest BCUT2D eigenvalue weighted by Crippen LogP contribution is 2.41. The number of carbonyl (C=O) groups is 2. The molecule has 1 saturated carbocycles. The van der Waals surface area contributed by atoms with Gasteiger partial charge in [0.15, 0.2) is 18.1 Å². The number of nitrogens with zero attached hydrogens (tertiary/aromatic N) is 1. The smallest absolute Gasteiger partial charge is 0.344 e. The van der Waals surface area contributed by atoms with Crippen LogP contribution in [0.2, 0.25) is 5.02 Å². The number of rotatable bonds is 9. The highest BCUT2D eigenvalue weighted by molar-refractivity contribution is 7.16. The van der Waals surface area contributed by atoms with E-state index in [-0.39, 0.29) is 30.9 Å². The van der Waals surface area contributed by atoms with Crippen molar-refractivity contribution >= 4 is 46.0 Å². The number of carbonyl (C=O) groups excluding carboxylic acids is 2.